The number of nitrogens with zero attached hydrogens (tertiary/aromatic N) is 3. The first kappa shape index (κ1) is 31.8. The maximum atomic E-state index is 14.7. The molecule has 2 aromatic carbocycles. The van der Waals surface area contributed by atoms with Gasteiger partial charge in [-0.2, -0.15) is 0 Å². The molecule has 240 valence electrons. The largest absolute Gasteiger partial charge is 0.445 e. The number of fused-ring (bicyclic) bond motifs is 1. The van der Waals surface area contributed by atoms with Crippen molar-refractivity contribution >= 4 is 33.6 Å². The van der Waals surface area contributed by atoms with E-state index in [0.717, 1.165) is 4.90 Å². The number of anilines is 1. The van der Waals surface area contributed by atoms with E-state index in [-0.39, 0.29) is 41.1 Å². The van der Waals surface area contributed by atoms with Crippen molar-refractivity contribution in [3.05, 3.63) is 60.0 Å². The minimum absolute atomic E-state index is 0.0838. The van der Waals surface area contributed by atoms with E-state index in [1.807, 2.05) is 0 Å². The number of sulfone groups is 1. The first-order valence-corrected chi connectivity index (χ1v) is 15.6. The number of nitrogens with one attached hydrogen (secondary N) is 2. The molecule has 0 aliphatic carbocycles. The minimum Gasteiger partial charge on any atom is -0.445 e. The summed E-state index contributed by atoms with van der Waals surface area (Å²) in [6.07, 6.45) is -2.52. The zero-order valence-electron chi connectivity index (χ0n) is 24.6. The second-order valence-electron chi connectivity index (χ2n) is 11.8. The minimum atomic E-state index is -4.06. The van der Waals surface area contributed by atoms with Crippen molar-refractivity contribution in [3.8, 4) is 11.5 Å². The number of amides is 3. The van der Waals surface area contributed by atoms with Crippen LogP contribution in [0.2, 0.25) is 0 Å². The quantitative estimate of drug-likeness (QED) is 0.411. The van der Waals surface area contributed by atoms with Crippen LogP contribution in [-0.2, 0) is 30.7 Å². The Kier molecular flexibility index (Phi) is 8.53. The van der Waals surface area contributed by atoms with Crippen molar-refractivity contribution in [2.24, 2.45) is 0 Å². The van der Waals surface area contributed by atoms with Gasteiger partial charge in [0.15, 0.2) is 9.84 Å². The molecule has 2 N–H and O–H groups in total. The standard InChI is InChI=1S/C29H31F2N5O8S/c1-28(2,3)44-26(38)33-21-15-45(40,41)22-10-9-18(11-20(22)32-23(21)37)24-34-35-25(43-24)19-12-29(30,31)16-36(13-19)27(39)42-14-17-7-5-4-6-8-17/h4-11,19,21H,12-16H2,1-3H3,(H,32,37)(H,33,38)/t19?,21-/m0/s1. The van der Waals surface area contributed by atoms with E-state index in [4.69, 9.17) is 13.9 Å². The molecule has 3 amide bonds. The fraction of sp³-hybridized carbons (Fsp3) is 0.414. The second kappa shape index (κ2) is 12.1. The highest BCUT2D eigenvalue weighted by molar-refractivity contribution is 7.91. The lowest BCUT2D eigenvalue weighted by Crippen LogP contribution is -2.49. The number of ether oxygens (including phenoxy) is 2. The van der Waals surface area contributed by atoms with Crippen LogP contribution in [0, 0.1) is 0 Å². The molecule has 0 radical (unpaired) electrons. The van der Waals surface area contributed by atoms with E-state index in [1.165, 1.54) is 18.2 Å². The van der Waals surface area contributed by atoms with Crippen molar-refractivity contribution in [1.82, 2.24) is 20.4 Å². The van der Waals surface area contributed by atoms with Gasteiger partial charge in [0.05, 0.1) is 28.8 Å². The number of likely N-dealkylation sites (tertiary alicyclic amines) is 1. The number of piperidine rings is 1. The molecular formula is C29H31F2N5O8S. The number of hydrogen-bond donors (Lipinski definition) is 2. The fourth-order valence-electron chi connectivity index (χ4n) is 4.92. The van der Waals surface area contributed by atoms with Gasteiger partial charge in [-0.25, -0.2) is 26.8 Å². The van der Waals surface area contributed by atoms with E-state index in [9.17, 15) is 31.6 Å². The van der Waals surface area contributed by atoms with Crippen LogP contribution in [0.25, 0.3) is 11.5 Å². The molecule has 1 saturated heterocycles. The van der Waals surface area contributed by atoms with Crippen LogP contribution in [0.15, 0.2) is 57.8 Å². The van der Waals surface area contributed by atoms with Crippen LogP contribution in [0.5, 0.6) is 0 Å². The molecule has 0 saturated carbocycles. The summed E-state index contributed by atoms with van der Waals surface area (Å²) < 4.78 is 71.7. The Morgan fingerprint density at radius 3 is 2.60 bits per heavy atom. The average Bonchev–Trinajstić information content (AvgIpc) is 3.41. The van der Waals surface area contributed by atoms with Gasteiger partial charge in [-0.15, -0.1) is 10.2 Å². The van der Waals surface area contributed by atoms with Crippen LogP contribution in [0.1, 0.15) is 44.6 Å². The number of alkyl carbamates (subject to hydrolysis) is 1. The molecule has 5 rings (SSSR count). The summed E-state index contributed by atoms with van der Waals surface area (Å²) in [6, 6.07) is 11.3. The molecule has 45 heavy (non-hydrogen) atoms. The summed E-state index contributed by atoms with van der Waals surface area (Å²) >= 11 is 0. The Hall–Kier alpha value is -4.60. The van der Waals surface area contributed by atoms with Crippen molar-refractivity contribution in [2.75, 3.05) is 24.2 Å². The number of carbonyl (C=O) groups excluding carboxylic acids is 3. The van der Waals surface area contributed by atoms with Crippen LogP contribution in [0.3, 0.4) is 0 Å². The van der Waals surface area contributed by atoms with E-state index in [1.54, 1.807) is 51.1 Å². The molecular weight excluding hydrogens is 616 g/mol. The maximum Gasteiger partial charge on any atom is 0.410 e. The Morgan fingerprint density at radius 2 is 1.89 bits per heavy atom. The highest BCUT2D eigenvalue weighted by Crippen LogP contribution is 2.37. The monoisotopic (exact) mass is 647 g/mol. The first-order valence-electron chi connectivity index (χ1n) is 13.9. The average molecular weight is 648 g/mol. The normalized spacial score (nSPS) is 20.7. The van der Waals surface area contributed by atoms with Gasteiger partial charge in [0.2, 0.25) is 17.7 Å². The summed E-state index contributed by atoms with van der Waals surface area (Å²) in [4.78, 5) is 38.4. The lowest BCUT2D eigenvalue weighted by Gasteiger charge is -2.35. The molecule has 0 spiro atoms. The third-order valence-electron chi connectivity index (χ3n) is 6.87. The Balaban J connectivity index is 1.31. The third kappa shape index (κ3) is 7.74. The summed E-state index contributed by atoms with van der Waals surface area (Å²) in [5.74, 6) is -6.06. The molecule has 16 heteroatoms. The van der Waals surface area contributed by atoms with Gasteiger partial charge in [-0.05, 0) is 44.5 Å². The number of alkyl halides is 2. The molecule has 2 atom stereocenters. The van der Waals surface area contributed by atoms with Gasteiger partial charge >= 0.3 is 12.2 Å². The Bertz CT molecular complexity index is 1710. The predicted molar refractivity (Wildman–Crippen MR) is 154 cm³/mol. The SMILES string of the molecule is CC(C)(C)OC(=O)N[C@H]1CS(=O)(=O)c2ccc(-c3nnc(C4CN(C(=O)OCc5ccccc5)CC(F)(F)C4)o3)cc2NC1=O. The van der Waals surface area contributed by atoms with E-state index in [2.05, 4.69) is 20.8 Å². The third-order valence-corrected chi connectivity index (χ3v) is 8.67. The van der Waals surface area contributed by atoms with Gasteiger partial charge in [0.25, 0.3) is 5.92 Å². The molecule has 1 unspecified atom stereocenters. The lowest BCUT2D eigenvalue weighted by atomic mass is 9.95. The maximum absolute atomic E-state index is 14.7. The van der Waals surface area contributed by atoms with Crippen LogP contribution < -0.4 is 10.6 Å². The van der Waals surface area contributed by atoms with E-state index >= 15 is 0 Å². The highest BCUT2D eigenvalue weighted by Gasteiger charge is 2.45. The predicted octanol–water partition coefficient (Wildman–Crippen LogP) is 4.12. The Morgan fingerprint density at radius 1 is 1.16 bits per heavy atom. The molecule has 0 bridgehead atoms. The first-order chi connectivity index (χ1) is 21.1. The van der Waals surface area contributed by atoms with Gasteiger partial charge in [-0.1, -0.05) is 30.3 Å². The molecule has 1 aromatic heterocycles. The number of benzene rings is 2. The number of halogens is 2. The van der Waals surface area contributed by atoms with Gasteiger partial charge in [-0.3, -0.25) is 4.79 Å². The van der Waals surface area contributed by atoms with Crippen molar-refractivity contribution in [2.45, 2.75) is 62.2 Å². The Labute approximate surface area is 257 Å². The van der Waals surface area contributed by atoms with Crippen LogP contribution >= 0.6 is 0 Å². The lowest BCUT2D eigenvalue weighted by molar-refractivity contribution is -0.117. The zero-order valence-corrected chi connectivity index (χ0v) is 25.4. The van der Waals surface area contributed by atoms with Gasteiger partial charge in [0.1, 0.15) is 18.2 Å². The summed E-state index contributed by atoms with van der Waals surface area (Å²) in [7, 11) is -4.06. The highest BCUT2D eigenvalue weighted by atomic mass is 32.2. The van der Waals surface area contributed by atoms with Crippen molar-refractivity contribution in [1.29, 1.82) is 0 Å². The molecule has 3 heterocycles. The summed E-state index contributed by atoms with van der Waals surface area (Å²) in [5, 5.41) is 12.6. The molecule has 3 aromatic rings. The topological polar surface area (TPSA) is 170 Å². The van der Waals surface area contributed by atoms with Crippen LogP contribution in [0.4, 0.5) is 24.1 Å². The van der Waals surface area contributed by atoms with Crippen molar-refractivity contribution < 1.29 is 45.5 Å². The molecule has 2 aliphatic heterocycles. The van der Waals surface area contributed by atoms with E-state index in [0.29, 0.717) is 5.56 Å². The van der Waals surface area contributed by atoms with Gasteiger partial charge < -0.3 is 29.4 Å². The summed E-state index contributed by atoms with van der Waals surface area (Å²) in [5.41, 5.74) is -0.0691. The van der Waals surface area contributed by atoms with Crippen molar-refractivity contribution in [3.63, 3.8) is 0 Å². The fourth-order valence-corrected chi connectivity index (χ4v) is 6.50. The molecule has 2 aliphatic rings. The number of hydrogen-bond acceptors (Lipinski definition) is 10. The number of carbonyl (C=O) groups is 3. The number of rotatable bonds is 5. The second-order valence-corrected chi connectivity index (χ2v) is 13.8. The molecule has 13 nitrogen and oxygen atoms in total. The zero-order chi connectivity index (χ0) is 32.6. The van der Waals surface area contributed by atoms with E-state index < -0.39 is 70.1 Å². The smallest absolute Gasteiger partial charge is 0.410 e. The summed E-state index contributed by atoms with van der Waals surface area (Å²) in [6.45, 7) is 3.78. The number of aromatic nitrogens is 2. The van der Waals surface area contributed by atoms with Crippen LogP contribution in [-0.4, -0.2) is 78.0 Å². The molecule has 1 fully saturated rings. The van der Waals surface area contributed by atoms with Gasteiger partial charge in [0, 0.05) is 18.5 Å².